The third-order valence-electron chi connectivity index (χ3n) is 3.75. The highest BCUT2D eigenvalue weighted by atomic mass is 19.4. The minimum absolute atomic E-state index is 0.0257. The van der Waals surface area contributed by atoms with Crippen LogP contribution < -0.4 is 15.7 Å². The third-order valence-corrected chi connectivity index (χ3v) is 3.75. The van der Waals surface area contributed by atoms with Crippen molar-refractivity contribution in [3.8, 4) is 0 Å². The molecule has 0 aromatic heterocycles. The number of benzene rings is 1. The zero-order valence-electron chi connectivity index (χ0n) is 12.2. The minimum atomic E-state index is -5.30. The van der Waals surface area contributed by atoms with E-state index in [1.165, 1.54) is 5.32 Å². The van der Waals surface area contributed by atoms with Gasteiger partial charge in [-0.3, -0.25) is 4.79 Å². The predicted octanol–water partition coefficient (Wildman–Crippen LogP) is -0.140. The van der Waals surface area contributed by atoms with Crippen molar-refractivity contribution in [2.24, 2.45) is 5.92 Å². The van der Waals surface area contributed by atoms with Crippen molar-refractivity contribution in [3.63, 3.8) is 0 Å². The number of carboxylic acid groups (broad SMARTS) is 1. The summed E-state index contributed by atoms with van der Waals surface area (Å²) in [5, 5.41) is 24.2. The van der Waals surface area contributed by atoms with Gasteiger partial charge in [-0.1, -0.05) is 24.3 Å². The van der Waals surface area contributed by atoms with Crippen LogP contribution in [0.2, 0.25) is 0 Å². The van der Waals surface area contributed by atoms with Crippen molar-refractivity contribution in [2.45, 2.75) is 24.9 Å². The standard InChI is InChI=1S/C14H13F3N2O5/c1-6(20)9-10(7-2-4-8(5-3-7)11(21)22)18-12(23)19-13(9,24)14(15,16)17/h2-5,9-10,24H,1H3,(H,21,22)(H2,18,19,23)/p-1. The van der Waals surface area contributed by atoms with Gasteiger partial charge in [0, 0.05) is 0 Å². The first-order chi connectivity index (χ1) is 11.0. The number of carbonyl (C=O) groups excluding carboxylic acids is 3. The van der Waals surface area contributed by atoms with Gasteiger partial charge in [-0.05, 0) is 18.1 Å². The summed E-state index contributed by atoms with van der Waals surface area (Å²) in [5.74, 6) is -4.58. The Morgan fingerprint density at radius 2 is 1.79 bits per heavy atom. The number of ketones is 1. The molecule has 1 aromatic rings. The summed E-state index contributed by atoms with van der Waals surface area (Å²) in [6.07, 6.45) is -5.30. The number of halogens is 3. The van der Waals surface area contributed by atoms with E-state index in [-0.39, 0.29) is 11.1 Å². The lowest BCUT2D eigenvalue weighted by Crippen LogP contribution is -2.72. The summed E-state index contributed by atoms with van der Waals surface area (Å²) in [6, 6.07) is 1.56. The maximum atomic E-state index is 13.2. The van der Waals surface area contributed by atoms with Crippen LogP contribution >= 0.6 is 0 Å². The van der Waals surface area contributed by atoms with Gasteiger partial charge in [0.1, 0.15) is 5.78 Å². The van der Waals surface area contributed by atoms with Gasteiger partial charge in [0.05, 0.1) is 17.9 Å². The third kappa shape index (κ3) is 2.92. The maximum Gasteiger partial charge on any atom is 0.437 e. The Balaban J connectivity index is 2.52. The molecule has 24 heavy (non-hydrogen) atoms. The molecule has 10 heteroatoms. The van der Waals surface area contributed by atoms with Crippen LogP contribution in [0.4, 0.5) is 18.0 Å². The van der Waals surface area contributed by atoms with Crippen molar-refractivity contribution in [1.82, 2.24) is 10.6 Å². The number of aromatic carboxylic acids is 1. The van der Waals surface area contributed by atoms with Crippen molar-refractivity contribution in [3.05, 3.63) is 35.4 Å². The van der Waals surface area contributed by atoms with Crippen LogP contribution in [-0.4, -0.2) is 34.8 Å². The summed E-state index contributed by atoms with van der Waals surface area (Å²) in [6.45, 7) is 0.850. The van der Waals surface area contributed by atoms with Crippen LogP contribution in [0.1, 0.15) is 28.9 Å². The Bertz CT molecular complexity index is 689. The first kappa shape index (κ1) is 17.7. The fraction of sp³-hybridized carbons (Fsp3) is 0.357. The molecule has 1 heterocycles. The number of alkyl halides is 3. The van der Waals surface area contributed by atoms with Gasteiger partial charge < -0.3 is 25.6 Å². The normalized spacial score (nSPS) is 27.1. The highest BCUT2D eigenvalue weighted by molar-refractivity contribution is 5.87. The average Bonchev–Trinajstić information content (AvgIpc) is 2.44. The fourth-order valence-corrected chi connectivity index (χ4v) is 2.63. The van der Waals surface area contributed by atoms with Gasteiger partial charge in [-0.25, -0.2) is 4.79 Å². The zero-order chi connectivity index (χ0) is 18.3. The number of nitrogens with one attached hydrogen (secondary N) is 2. The first-order valence-corrected chi connectivity index (χ1v) is 6.67. The van der Waals surface area contributed by atoms with Crippen LogP contribution in [-0.2, 0) is 4.79 Å². The van der Waals surface area contributed by atoms with Gasteiger partial charge in [0.25, 0.3) is 0 Å². The van der Waals surface area contributed by atoms with E-state index < -0.39 is 41.6 Å². The number of carboxylic acids is 1. The highest BCUT2D eigenvalue weighted by Gasteiger charge is 2.65. The van der Waals surface area contributed by atoms with Crippen molar-refractivity contribution in [1.29, 1.82) is 0 Å². The molecular formula is C14H12F3N2O5-. The number of urea groups is 1. The molecule has 0 spiro atoms. The second-order valence-corrected chi connectivity index (χ2v) is 5.34. The highest BCUT2D eigenvalue weighted by Crippen LogP contribution is 2.42. The van der Waals surface area contributed by atoms with E-state index in [1.807, 2.05) is 0 Å². The predicted molar refractivity (Wildman–Crippen MR) is 70.4 cm³/mol. The summed E-state index contributed by atoms with van der Waals surface area (Å²) >= 11 is 0. The second kappa shape index (κ2) is 5.78. The maximum absolute atomic E-state index is 13.2. The Kier molecular flexibility index (Phi) is 4.27. The average molecular weight is 345 g/mol. The summed E-state index contributed by atoms with van der Waals surface area (Å²) in [7, 11) is 0. The molecule has 0 saturated carbocycles. The van der Waals surface area contributed by atoms with Crippen LogP contribution in [0.3, 0.4) is 0 Å². The van der Waals surface area contributed by atoms with Gasteiger partial charge in [0.15, 0.2) is 0 Å². The Morgan fingerprint density at radius 3 is 2.21 bits per heavy atom. The lowest BCUT2D eigenvalue weighted by molar-refractivity contribution is -0.290. The molecule has 1 saturated heterocycles. The zero-order valence-corrected chi connectivity index (χ0v) is 12.2. The molecule has 0 aliphatic carbocycles. The molecule has 0 radical (unpaired) electrons. The topological polar surface area (TPSA) is 119 Å². The van der Waals surface area contributed by atoms with Crippen LogP contribution in [0.15, 0.2) is 24.3 Å². The summed E-state index contributed by atoms with van der Waals surface area (Å²) < 4.78 is 39.7. The van der Waals surface area contributed by atoms with Crippen LogP contribution in [0.25, 0.3) is 0 Å². The van der Waals surface area contributed by atoms with Gasteiger partial charge in [-0.2, -0.15) is 13.2 Å². The van der Waals surface area contributed by atoms with Crippen molar-refractivity contribution >= 4 is 17.8 Å². The van der Waals surface area contributed by atoms with Crippen molar-refractivity contribution < 1.29 is 37.8 Å². The quantitative estimate of drug-likeness (QED) is 0.705. The molecule has 2 amide bonds. The lowest BCUT2D eigenvalue weighted by Gasteiger charge is -2.44. The number of hydrogen-bond donors (Lipinski definition) is 3. The van der Waals surface area contributed by atoms with Crippen LogP contribution in [0, 0.1) is 5.92 Å². The Labute approximate surface area is 133 Å². The first-order valence-electron chi connectivity index (χ1n) is 6.67. The van der Waals surface area contributed by atoms with Crippen molar-refractivity contribution in [2.75, 3.05) is 0 Å². The molecule has 2 rings (SSSR count). The van der Waals surface area contributed by atoms with E-state index >= 15 is 0 Å². The van der Waals surface area contributed by atoms with Gasteiger partial charge >= 0.3 is 12.2 Å². The lowest BCUT2D eigenvalue weighted by atomic mass is 9.79. The molecule has 0 bridgehead atoms. The fourth-order valence-electron chi connectivity index (χ4n) is 2.63. The molecule has 3 unspecified atom stereocenters. The number of Topliss-reactive ketones (excluding diaryl/α,β-unsaturated/α-hetero) is 1. The molecular weight excluding hydrogens is 333 g/mol. The van der Waals surface area contributed by atoms with Gasteiger partial charge in [0.2, 0.25) is 5.72 Å². The summed E-state index contributed by atoms with van der Waals surface area (Å²) in [4.78, 5) is 34.0. The number of rotatable bonds is 3. The minimum Gasteiger partial charge on any atom is -0.545 e. The van der Waals surface area contributed by atoms with E-state index in [0.717, 1.165) is 31.2 Å². The number of aliphatic hydroxyl groups is 1. The molecule has 1 aliphatic rings. The molecule has 3 N–H and O–H groups in total. The smallest absolute Gasteiger partial charge is 0.437 e. The molecule has 3 atom stereocenters. The second-order valence-electron chi connectivity index (χ2n) is 5.34. The number of carbonyl (C=O) groups is 3. The molecule has 1 fully saturated rings. The Morgan fingerprint density at radius 1 is 1.25 bits per heavy atom. The number of hydrogen-bond acceptors (Lipinski definition) is 5. The molecule has 1 aliphatic heterocycles. The molecule has 1 aromatic carbocycles. The van der Waals surface area contributed by atoms with E-state index in [1.54, 1.807) is 0 Å². The molecule has 130 valence electrons. The largest absolute Gasteiger partial charge is 0.545 e. The van der Waals surface area contributed by atoms with E-state index in [4.69, 9.17) is 0 Å². The molecule has 7 nitrogen and oxygen atoms in total. The van der Waals surface area contributed by atoms with E-state index in [2.05, 4.69) is 5.32 Å². The van der Waals surface area contributed by atoms with E-state index in [0.29, 0.717) is 0 Å². The Hall–Kier alpha value is -2.62. The van der Waals surface area contributed by atoms with Crippen LogP contribution in [0.5, 0.6) is 0 Å². The monoisotopic (exact) mass is 345 g/mol. The number of amides is 2. The summed E-state index contributed by atoms with van der Waals surface area (Å²) in [5.41, 5.74) is -3.96. The SMILES string of the molecule is CC(=O)C1C(c2ccc(C(=O)[O-])cc2)NC(=O)NC1(O)C(F)(F)F. The van der Waals surface area contributed by atoms with Gasteiger partial charge in [-0.15, -0.1) is 0 Å². The van der Waals surface area contributed by atoms with E-state index in [9.17, 15) is 37.8 Å².